The van der Waals surface area contributed by atoms with Crippen molar-refractivity contribution in [3.8, 4) is 0 Å². The second-order valence-electron chi connectivity index (χ2n) is 7.82. The number of aliphatic hydroxyl groups excluding tert-OH is 1. The Bertz CT molecular complexity index is 853. The molecule has 0 aliphatic carbocycles. The molecule has 1 aromatic heterocycles. The molecule has 2 saturated heterocycles. The van der Waals surface area contributed by atoms with Crippen LogP contribution in [0, 0.1) is 0 Å². The predicted molar refractivity (Wildman–Crippen MR) is 120 cm³/mol. The number of aromatic nitrogens is 2. The van der Waals surface area contributed by atoms with Crippen LogP contribution in [0.5, 0.6) is 0 Å². The SMILES string of the molecule is CN1CCN(c2ccc(Nc3ncc(Cl)c(NC[C@H]4CCCO4)n3)cc2CO)CC1. The van der Waals surface area contributed by atoms with Crippen LogP contribution in [0.15, 0.2) is 24.4 Å². The van der Waals surface area contributed by atoms with Crippen LogP contribution in [-0.2, 0) is 11.3 Å². The lowest BCUT2D eigenvalue weighted by atomic mass is 10.1. The molecule has 2 aromatic rings. The molecule has 0 saturated carbocycles. The van der Waals surface area contributed by atoms with Crippen molar-refractivity contribution in [3.63, 3.8) is 0 Å². The molecule has 9 heteroatoms. The number of piperazine rings is 1. The van der Waals surface area contributed by atoms with Gasteiger partial charge in [-0.25, -0.2) is 4.98 Å². The van der Waals surface area contributed by atoms with Gasteiger partial charge < -0.3 is 30.3 Å². The van der Waals surface area contributed by atoms with Crippen molar-refractivity contribution in [2.75, 3.05) is 61.9 Å². The first-order chi connectivity index (χ1) is 14.6. The van der Waals surface area contributed by atoms with Crippen molar-refractivity contribution in [1.82, 2.24) is 14.9 Å². The Labute approximate surface area is 182 Å². The minimum Gasteiger partial charge on any atom is -0.392 e. The van der Waals surface area contributed by atoms with Crippen LogP contribution < -0.4 is 15.5 Å². The van der Waals surface area contributed by atoms with Crippen molar-refractivity contribution in [2.45, 2.75) is 25.6 Å². The van der Waals surface area contributed by atoms with Gasteiger partial charge in [-0.3, -0.25) is 0 Å². The topological polar surface area (TPSA) is 85.8 Å². The zero-order chi connectivity index (χ0) is 20.9. The maximum absolute atomic E-state index is 9.91. The summed E-state index contributed by atoms with van der Waals surface area (Å²) in [6.07, 6.45) is 3.92. The number of ether oxygens (including phenoxy) is 1. The highest BCUT2D eigenvalue weighted by molar-refractivity contribution is 6.32. The molecule has 0 bridgehead atoms. The lowest BCUT2D eigenvalue weighted by molar-refractivity contribution is 0.120. The fourth-order valence-electron chi connectivity index (χ4n) is 3.84. The molecule has 0 radical (unpaired) electrons. The number of anilines is 4. The first kappa shape index (κ1) is 21.1. The first-order valence-electron chi connectivity index (χ1n) is 10.4. The zero-order valence-electron chi connectivity index (χ0n) is 17.3. The molecule has 3 N–H and O–H groups in total. The maximum Gasteiger partial charge on any atom is 0.229 e. The van der Waals surface area contributed by atoms with Crippen LogP contribution in [0.25, 0.3) is 0 Å². The molecule has 2 fully saturated rings. The predicted octanol–water partition coefficient (Wildman–Crippen LogP) is 2.71. The minimum absolute atomic E-state index is 0.0210. The average molecular weight is 433 g/mol. The molecule has 4 rings (SSSR count). The second kappa shape index (κ2) is 9.78. The van der Waals surface area contributed by atoms with Crippen LogP contribution in [0.3, 0.4) is 0 Å². The van der Waals surface area contributed by atoms with Gasteiger partial charge >= 0.3 is 0 Å². The standard InChI is InChI=1S/C21H29ClN6O2/c1-27-6-8-28(9-7-27)19-5-4-16(11-15(19)14-29)25-21-24-13-18(22)20(26-21)23-12-17-3-2-10-30-17/h4-5,11,13,17,29H,2-3,6-10,12,14H2,1H3,(H2,23,24,25,26)/t17-/m1/s1. The molecule has 0 unspecified atom stereocenters. The zero-order valence-corrected chi connectivity index (χ0v) is 18.0. The number of benzene rings is 1. The van der Waals surface area contributed by atoms with E-state index in [4.69, 9.17) is 16.3 Å². The monoisotopic (exact) mass is 432 g/mol. The summed E-state index contributed by atoms with van der Waals surface area (Å²) in [4.78, 5) is 13.4. The Morgan fingerprint density at radius 2 is 2.10 bits per heavy atom. The van der Waals surface area contributed by atoms with Crippen molar-refractivity contribution >= 4 is 34.7 Å². The summed E-state index contributed by atoms with van der Waals surface area (Å²) >= 11 is 6.25. The third kappa shape index (κ3) is 5.13. The molecule has 3 heterocycles. The lowest BCUT2D eigenvalue weighted by Gasteiger charge is -2.35. The Morgan fingerprint density at radius 3 is 2.83 bits per heavy atom. The molecule has 1 aromatic carbocycles. The Morgan fingerprint density at radius 1 is 1.27 bits per heavy atom. The van der Waals surface area contributed by atoms with Gasteiger partial charge in [0.05, 0.1) is 18.9 Å². The van der Waals surface area contributed by atoms with Gasteiger partial charge in [-0.2, -0.15) is 4.98 Å². The van der Waals surface area contributed by atoms with E-state index in [2.05, 4.69) is 37.4 Å². The molecule has 0 amide bonds. The number of halogens is 1. The van der Waals surface area contributed by atoms with Gasteiger partial charge in [0.25, 0.3) is 0 Å². The van der Waals surface area contributed by atoms with Gasteiger partial charge in [-0.1, -0.05) is 11.6 Å². The number of aliphatic hydroxyl groups is 1. The van der Waals surface area contributed by atoms with Crippen molar-refractivity contribution < 1.29 is 9.84 Å². The van der Waals surface area contributed by atoms with E-state index in [1.807, 2.05) is 18.2 Å². The minimum atomic E-state index is -0.0210. The van der Waals surface area contributed by atoms with Crippen LogP contribution in [0.2, 0.25) is 5.02 Å². The van der Waals surface area contributed by atoms with Crippen molar-refractivity contribution in [3.05, 3.63) is 35.0 Å². The molecule has 1 atom stereocenters. The highest BCUT2D eigenvalue weighted by Gasteiger charge is 2.18. The van der Waals surface area contributed by atoms with E-state index in [1.165, 1.54) is 0 Å². The maximum atomic E-state index is 9.91. The normalized spacial score (nSPS) is 19.8. The van der Waals surface area contributed by atoms with Gasteiger partial charge in [0, 0.05) is 56.3 Å². The summed E-state index contributed by atoms with van der Waals surface area (Å²) in [5.74, 6) is 1.03. The number of nitrogens with one attached hydrogen (secondary N) is 2. The molecule has 2 aliphatic rings. The number of rotatable bonds is 7. The summed E-state index contributed by atoms with van der Waals surface area (Å²) in [5.41, 5.74) is 2.78. The summed E-state index contributed by atoms with van der Waals surface area (Å²) in [6, 6.07) is 5.99. The summed E-state index contributed by atoms with van der Waals surface area (Å²) < 4.78 is 5.64. The smallest absolute Gasteiger partial charge is 0.229 e. The Hall–Kier alpha value is -2.13. The summed E-state index contributed by atoms with van der Waals surface area (Å²) in [6.45, 7) is 5.41. The van der Waals surface area contributed by atoms with E-state index in [1.54, 1.807) is 6.20 Å². The van der Waals surface area contributed by atoms with E-state index < -0.39 is 0 Å². The number of nitrogens with zero attached hydrogens (tertiary/aromatic N) is 4. The molecular formula is C21H29ClN6O2. The number of likely N-dealkylation sites (N-methyl/N-ethyl adjacent to an activating group) is 1. The van der Waals surface area contributed by atoms with E-state index in [-0.39, 0.29) is 12.7 Å². The van der Waals surface area contributed by atoms with Gasteiger partial charge in [0.2, 0.25) is 5.95 Å². The number of hydrogen-bond donors (Lipinski definition) is 3. The van der Waals surface area contributed by atoms with Crippen LogP contribution in [0.4, 0.5) is 23.1 Å². The summed E-state index contributed by atoms with van der Waals surface area (Å²) in [7, 11) is 2.13. The Kier molecular flexibility index (Phi) is 6.89. The summed E-state index contributed by atoms with van der Waals surface area (Å²) in [5, 5.41) is 16.9. The third-order valence-corrected chi connectivity index (χ3v) is 5.89. The van der Waals surface area contributed by atoms with E-state index in [0.717, 1.165) is 62.6 Å². The highest BCUT2D eigenvalue weighted by Crippen LogP contribution is 2.28. The van der Waals surface area contributed by atoms with Crippen LogP contribution in [-0.4, -0.2) is 72.5 Å². The van der Waals surface area contributed by atoms with Gasteiger partial charge in [0.1, 0.15) is 5.02 Å². The van der Waals surface area contributed by atoms with Crippen molar-refractivity contribution in [1.29, 1.82) is 0 Å². The molecule has 0 spiro atoms. The second-order valence-corrected chi connectivity index (χ2v) is 8.23. The molecular weight excluding hydrogens is 404 g/mol. The highest BCUT2D eigenvalue weighted by atomic mass is 35.5. The van der Waals surface area contributed by atoms with E-state index >= 15 is 0 Å². The van der Waals surface area contributed by atoms with Crippen molar-refractivity contribution in [2.24, 2.45) is 0 Å². The first-order valence-corrected chi connectivity index (χ1v) is 10.8. The molecule has 2 aliphatic heterocycles. The average Bonchev–Trinajstić information content (AvgIpc) is 3.28. The van der Waals surface area contributed by atoms with Gasteiger partial charge in [-0.15, -0.1) is 0 Å². The van der Waals surface area contributed by atoms with Gasteiger partial charge in [0.15, 0.2) is 5.82 Å². The molecule has 162 valence electrons. The lowest BCUT2D eigenvalue weighted by Crippen LogP contribution is -2.44. The van der Waals surface area contributed by atoms with Gasteiger partial charge in [-0.05, 0) is 38.1 Å². The molecule has 8 nitrogen and oxygen atoms in total. The fourth-order valence-corrected chi connectivity index (χ4v) is 4.00. The van der Waals surface area contributed by atoms with E-state index in [9.17, 15) is 5.11 Å². The molecule has 30 heavy (non-hydrogen) atoms. The third-order valence-electron chi connectivity index (χ3n) is 5.62. The van der Waals surface area contributed by atoms with Crippen LogP contribution in [0.1, 0.15) is 18.4 Å². The van der Waals surface area contributed by atoms with Crippen LogP contribution >= 0.6 is 11.6 Å². The number of hydrogen-bond acceptors (Lipinski definition) is 8. The Balaban J connectivity index is 1.45. The largest absolute Gasteiger partial charge is 0.392 e. The quantitative estimate of drug-likeness (QED) is 0.615. The van der Waals surface area contributed by atoms with E-state index in [0.29, 0.717) is 23.3 Å². The fraction of sp³-hybridized carbons (Fsp3) is 0.524.